The van der Waals surface area contributed by atoms with E-state index in [4.69, 9.17) is 33.4 Å². The predicted molar refractivity (Wildman–Crippen MR) is 231 cm³/mol. The first-order valence-electron chi connectivity index (χ1n) is 20.8. The van der Waals surface area contributed by atoms with Gasteiger partial charge in [-0.15, -0.1) is 0 Å². The van der Waals surface area contributed by atoms with Crippen LogP contribution in [-0.2, 0) is 24.5 Å². The van der Waals surface area contributed by atoms with Crippen molar-refractivity contribution in [1.29, 1.82) is 0 Å². The van der Waals surface area contributed by atoms with Crippen LogP contribution < -0.4 is 9.47 Å². The molecule has 2 saturated heterocycles. The summed E-state index contributed by atoms with van der Waals surface area (Å²) < 4.78 is 55.4. The Balaban J connectivity index is 0.952. The van der Waals surface area contributed by atoms with E-state index in [-0.39, 0.29) is 24.1 Å². The number of halogens is 1. The second-order valence-corrected chi connectivity index (χ2v) is 15.4. The van der Waals surface area contributed by atoms with Crippen molar-refractivity contribution in [1.82, 2.24) is 9.55 Å². The summed E-state index contributed by atoms with van der Waals surface area (Å²) in [6.07, 6.45) is 2.64. The second-order valence-electron chi connectivity index (χ2n) is 15.4. The first-order valence-corrected chi connectivity index (χ1v) is 20.8. The lowest BCUT2D eigenvalue weighted by atomic mass is 9.80. The lowest BCUT2D eigenvalue weighted by Crippen LogP contribution is -2.35. The van der Waals surface area contributed by atoms with E-state index in [1.165, 1.54) is 0 Å². The molecule has 9 rings (SSSR count). The third-order valence-corrected chi connectivity index (χ3v) is 11.4. The van der Waals surface area contributed by atoms with Crippen molar-refractivity contribution in [2.45, 2.75) is 49.7 Å². The van der Waals surface area contributed by atoms with Gasteiger partial charge in [0.1, 0.15) is 36.0 Å². The van der Waals surface area contributed by atoms with E-state index in [0.29, 0.717) is 61.9 Å². The lowest BCUT2D eigenvalue weighted by molar-refractivity contribution is -0.0461. The molecule has 5 aromatic carbocycles. The molecule has 2 fully saturated rings. The fraction of sp³-hybridized carbons (Fsp3) is 0.275. The smallest absolute Gasteiger partial charge is 0.198 e. The zero-order valence-corrected chi connectivity index (χ0v) is 33.8. The van der Waals surface area contributed by atoms with Gasteiger partial charge in [-0.3, -0.25) is 4.57 Å². The molecule has 9 heteroatoms. The van der Waals surface area contributed by atoms with Gasteiger partial charge < -0.3 is 28.4 Å². The SMILES string of the molecule is COCCOc1ccc(-c2ccc(-c3nc4cc(O[C@@H]5CO[C@H](COC(c6ccccc6)(c6ccccc6)c6ccccc6)C5)n(C5CCCCO5)c4cc3F)cc2)cc1. The highest BCUT2D eigenvalue weighted by Crippen LogP contribution is 2.42. The highest BCUT2D eigenvalue weighted by Gasteiger charge is 2.40. The number of hydrogen-bond donors (Lipinski definition) is 0. The summed E-state index contributed by atoms with van der Waals surface area (Å²) in [6, 6.07) is 50.2. The minimum absolute atomic E-state index is 0.216. The van der Waals surface area contributed by atoms with Crippen LogP contribution in [0.4, 0.5) is 4.39 Å². The number of ether oxygens (including phenoxy) is 6. The fourth-order valence-electron chi connectivity index (χ4n) is 8.45. The van der Waals surface area contributed by atoms with Crippen molar-refractivity contribution in [3.8, 4) is 34.0 Å². The second kappa shape index (κ2) is 18.2. The zero-order chi connectivity index (χ0) is 40.7. The molecule has 0 spiro atoms. The largest absolute Gasteiger partial charge is 0.491 e. The molecule has 0 N–H and O–H groups in total. The standard InChI is InChI=1S/C51H49FN2O6/c1-55-29-30-56-42-26-24-37(25-27-42)36-20-22-38(23-21-36)50-45(52)32-47-46(53-50)33-49(54(47)48-19-11-12-28-57-48)60-44-31-43(58-34-44)35-59-51(39-13-5-2-6-14-39,40-15-7-3-8-16-40)41-17-9-4-10-18-41/h2-10,13-18,20-27,32-33,43-44,48H,11-12,19,28-31,34-35H2,1H3/t43-,44-,48?/m0/s1. The van der Waals surface area contributed by atoms with Crippen LogP contribution in [0.3, 0.4) is 0 Å². The van der Waals surface area contributed by atoms with Crippen LogP contribution in [0.15, 0.2) is 152 Å². The van der Waals surface area contributed by atoms with E-state index < -0.39 is 11.4 Å². The Bertz CT molecular complexity index is 2360. The van der Waals surface area contributed by atoms with Gasteiger partial charge in [0, 0.05) is 37.8 Å². The van der Waals surface area contributed by atoms with E-state index in [0.717, 1.165) is 52.8 Å². The molecule has 0 radical (unpaired) electrons. The van der Waals surface area contributed by atoms with Crippen LogP contribution in [0.2, 0.25) is 0 Å². The number of aromatic nitrogens is 2. The average Bonchev–Trinajstić information content (AvgIpc) is 3.91. The fourth-order valence-corrected chi connectivity index (χ4v) is 8.45. The van der Waals surface area contributed by atoms with Gasteiger partial charge in [-0.25, -0.2) is 9.37 Å². The quantitative estimate of drug-likeness (QED) is 0.0755. The summed E-state index contributed by atoms with van der Waals surface area (Å²) in [7, 11) is 1.65. The van der Waals surface area contributed by atoms with Crippen LogP contribution in [0.25, 0.3) is 33.4 Å². The van der Waals surface area contributed by atoms with Gasteiger partial charge in [0.25, 0.3) is 0 Å². The zero-order valence-electron chi connectivity index (χ0n) is 33.8. The maximum atomic E-state index is 16.1. The maximum Gasteiger partial charge on any atom is 0.198 e. The Kier molecular flexibility index (Phi) is 12.0. The molecular formula is C51H49FN2O6. The number of pyridine rings is 1. The molecular weight excluding hydrogens is 756 g/mol. The average molecular weight is 805 g/mol. The number of hydrogen-bond acceptors (Lipinski definition) is 7. The van der Waals surface area contributed by atoms with Crippen molar-refractivity contribution in [3.63, 3.8) is 0 Å². The molecule has 4 heterocycles. The molecule has 1 unspecified atom stereocenters. The molecule has 0 amide bonds. The topological polar surface area (TPSA) is 73.2 Å². The molecule has 0 aliphatic carbocycles. The molecule has 8 nitrogen and oxygen atoms in total. The molecule has 3 atom stereocenters. The molecule has 2 aliphatic rings. The van der Waals surface area contributed by atoms with Crippen LogP contribution in [0.1, 0.15) is 48.6 Å². The van der Waals surface area contributed by atoms with Crippen LogP contribution in [-0.4, -0.2) is 61.9 Å². The molecule has 2 aromatic heterocycles. The number of methoxy groups -OCH3 is 1. The number of benzene rings is 5. The van der Waals surface area contributed by atoms with Crippen molar-refractivity contribution in [3.05, 3.63) is 174 Å². The third kappa shape index (κ3) is 8.31. The van der Waals surface area contributed by atoms with Gasteiger partial charge >= 0.3 is 0 Å². The van der Waals surface area contributed by atoms with Crippen LogP contribution in [0.5, 0.6) is 11.6 Å². The first-order chi connectivity index (χ1) is 29.6. The van der Waals surface area contributed by atoms with Crippen molar-refractivity contribution in [2.75, 3.05) is 40.1 Å². The number of rotatable bonds is 15. The minimum atomic E-state index is -0.851. The molecule has 7 aromatic rings. The van der Waals surface area contributed by atoms with E-state index in [1.807, 2.05) is 114 Å². The van der Waals surface area contributed by atoms with Gasteiger partial charge in [-0.2, -0.15) is 0 Å². The van der Waals surface area contributed by atoms with Gasteiger partial charge in [0.05, 0.1) is 37.0 Å². The van der Waals surface area contributed by atoms with E-state index in [9.17, 15) is 0 Å². The summed E-state index contributed by atoms with van der Waals surface area (Å²) in [5.41, 5.74) is 6.55. The Hall–Kier alpha value is -5.84. The Labute approximate surface area is 350 Å². The molecule has 0 saturated carbocycles. The molecule has 2 aliphatic heterocycles. The number of fused-ring (bicyclic) bond motifs is 1. The third-order valence-electron chi connectivity index (χ3n) is 11.4. The van der Waals surface area contributed by atoms with Gasteiger partial charge in [0.2, 0.25) is 0 Å². The highest BCUT2D eigenvalue weighted by molar-refractivity contribution is 5.82. The predicted octanol–water partition coefficient (Wildman–Crippen LogP) is 10.8. The van der Waals surface area contributed by atoms with E-state index in [1.54, 1.807) is 13.2 Å². The lowest BCUT2D eigenvalue weighted by Gasteiger charge is -2.36. The maximum absolute atomic E-state index is 16.1. The Morgan fingerprint density at radius 3 is 1.93 bits per heavy atom. The normalized spacial score (nSPS) is 18.1. The van der Waals surface area contributed by atoms with Crippen molar-refractivity contribution in [2.24, 2.45) is 0 Å². The highest BCUT2D eigenvalue weighted by atomic mass is 19.1. The van der Waals surface area contributed by atoms with Gasteiger partial charge in [-0.1, -0.05) is 127 Å². The minimum Gasteiger partial charge on any atom is -0.491 e. The van der Waals surface area contributed by atoms with Crippen LogP contribution >= 0.6 is 0 Å². The molecule has 0 bridgehead atoms. The Morgan fingerprint density at radius 1 is 0.717 bits per heavy atom. The van der Waals surface area contributed by atoms with Crippen molar-refractivity contribution < 1.29 is 32.8 Å². The Morgan fingerprint density at radius 2 is 1.33 bits per heavy atom. The molecule has 60 heavy (non-hydrogen) atoms. The van der Waals surface area contributed by atoms with E-state index in [2.05, 4.69) is 36.4 Å². The van der Waals surface area contributed by atoms with E-state index >= 15 is 4.39 Å². The summed E-state index contributed by atoms with van der Waals surface area (Å²) in [4.78, 5) is 4.89. The molecule has 306 valence electrons. The summed E-state index contributed by atoms with van der Waals surface area (Å²) in [5.74, 6) is 0.964. The summed E-state index contributed by atoms with van der Waals surface area (Å²) in [6.45, 7) is 2.38. The first kappa shape index (κ1) is 39.6. The summed E-state index contributed by atoms with van der Waals surface area (Å²) in [5, 5.41) is 0. The monoisotopic (exact) mass is 804 g/mol. The van der Waals surface area contributed by atoms with Crippen molar-refractivity contribution >= 4 is 11.0 Å². The summed E-state index contributed by atoms with van der Waals surface area (Å²) >= 11 is 0. The van der Waals surface area contributed by atoms with Crippen LogP contribution in [0, 0.1) is 5.82 Å². The number of nitrogens with zero attached hydrogens (tertiary/aromatic N) is 2. The van der Waals surface area contributed by atoms with Gasteiger partial charge in [-0.05, 0) is 59.2 Å². The van der Waals surface area contributed by atoms with Gasteiger partial charge in [0.15, 0.2) is 11.7 Å².